The van der Waals surface area contributed by atoms with Crippen molar-refractivity contribution in [2.45, 2.75) is 106 Å². The number of benzene rings is 1. The molecular formula is C23H44O. The Morgan fingerprint density at radius 3 is 1.29 bits per heavy atom. The van der Waals surface area contributed by atoms with E-state index in [2.05, 4.69) is 41.5 Å². The molecule has 0 aromatic heterocycles. The molecule has 0 bridgehead atoms. The topological polar surface area (TPSA) is 17.1 Å². The van der Waals surface area contributed by atoms with E-state index in [-0.39, 0.29) is 0 Å². The number of aldehydes is 1. The van der Waals surface area contributed by atoms with Gasteiger partial charge in [-0.15, -0.1) is 0 Å². The molecule has 0 spiro atoms. The minimum atomic E-state index is 0.737. The highest BCUT2D eigenvalue weighted by Gasteiger charge is 1.86. The van der Waals surface area contributed by atoms with Crippen LogP contribution >= 0.6 is 0 Å². The quantitative estimate of drug-likeness (QED) is 0.361. The average Bonchev–Trinajstić information content (AvgIpc) is 2.58. The maximum Gasteiger partial charge on any atom is 0.150 e. The summed E-state index contributed by atoms with van der Waals surface area (Å²) in [7, 11) is 0. The lowest BCUT2D eigenvalue weighted by Crippen LogP contribution is -1.77. The van der Waals surface area contributed by atoms with Crippen LogP contribution in [0.15, 0.2) is 24.3 Å². The van der Waals surface area contributed by atoms with Crippen molar-refractivity contribution in [2.75, 3.05) is 0 Å². The lowest BCUT2D eigenvalue weighted by atomic mass is 10.1. The molecule has 0 unspecified atom stereocenters. The molecule has 1 aromatic rings. The van der Waals surface area contributed by atoms with E-state index >= 15 is 0 Å². The first-order chi connectivity index (χ1) is 11.6. The van der Waals surface area contributed by atoms with E-state index in [9.17, 15) is 4.79 Å². The Kier molecular flexibility index (Phi) is 30.9. The van der Waals surface area contributed by atoms with E-state index in [1.54, 1.807) is 0 Å². The third-order valence-electron chi connectivity index (χ3n) is 2.92. The van der Waals surface area contributed by atoms with Gasteiger partial charge >= 0.3 is 0 Å². The summed E-state index contributed by atoms with van der Waals surface area (Å²) in [6.45, 7) is 15.0. The second-order valence-electron chi connectivity index (χ2n) is 6.21. The van der Waals surface area contributed by atoms with Crippen molar-refractivity contribution in [1.82, 2.24) is 0 Å². The molecule has 0 fully saturated rings. The molecule has 24 heavy (non-hydrogen) atoms. The van der Waals surface area contributed by atoms with E-state index in [0.717, 1.165) is 11.8 Å². The van der Waals surface area contributed by atoms with Crippen molar-refractivity contribution in [1.29, 1.82) is 0 Å². The van der Waals surface area contributed by atoms with E-state index in [1.165, 1.54) is 63.4 Å². The third kappa shape index (κ3) is 29.0. The fraction of sp³-hybridized carbons (Fsp3) is 0.696. The van der Waals surface area contributed by atoms with Crippen molar-refractivity contribution >= 4 is 6.29 Å². The van der Waals surface area contributed by atoms with E-state index in [4.69, 9.17) is 0 Å². The zero-order chi connectivity index (χ0) is 19.1. The van der Waals surface area contributed by atoms with Gasteiger partial charge in [-0.3, -0.25) is 4.79 Å². The zero-order valence-corrected chi connectivity index (χ0v) is 17.7. The second kappa shape index (κ2) is 26.8. The van der Waals surface area contributed by atoms with Crippen LogP contribution in [0.4, 0.5) is 0 Å². The highest BCUT2D eigenvalue weighted by Crippen LogP contribution is 2.05. The van der Waals surface area contributed by atoms with Crippen LogP contribution in [0.2, 0.25) is 0 Å². The summed E-state index contributed by atoms with van der Waals surface area (Å²) in [5.41, 5.74) is 1.92. The molecule has 0 radical (unpaired) electrons. The SMILES string of the molecule is CCC.CCC.CCCCCCCCC.Cc1ccc(C=O)cc1. The maximum absolute atomic E-state index is 10.1. The van der Waals surface area contributed by atoms with Crippen LogP contribution in [-0.4, -0.2) is 6.29 Å². The summed E-state index contributed by atoms with van der Waals surface area (Å²) in [5, 5.41) is 0. The number of hydrogen-bond donors (Lipinski definition) is 0. The highest BCUT2D eigenvalue weighted by molar-refractivity contribution is 5.74. The molecule has 0 aliphatic rings. The van der Waals surface area contributed by atoms with Crippen LogP contribution in [0, 0.1) is 6.92 Å². The summed E-state index contributed by atoms with van der Waals surface area (Å²) in [6.07, 6.45) is 13.3. The van der Waals surface area contributed by atoms with Gasteiger partial charge in [-0.2, -0.15) is 0 Å². The van der Waals surface area contributed by atoms with Crippen molar-refractivity contribution in [3.05, 3.63) is 35.4 Å². The Balaban J connectivity index is -0.000000278. The van der Waals surface area contributed by atoms with Crippen molar-refractivity contribution in [2.24, 2.45) is 0 Å². The fourth-order valence-corrected chi connectivity index (χ4v) is 1.68. The smallest absolute Gasteiger partial charge is 0.150 e. The Hall–Kier alpha value is -1.11. The Bertz CT molecular complexity index is 305. The molecule has 0 amide bonds. The van der Waals surface area contributed by atoms with Gasteiger partial charge in [-0.05, 0) is 6.92 Å². The Morgan fingerprint density at radius 2 is 1.00 bits per heavy atom. The molecule has 1 nitrogen and oxygen atoms in total. The van der Waals surface area contributed by atoms with Gasteiger partial charge in [-0.1, -0.05) is 129 Å². The van der Waals surface area contributed by atoms with E-state index < -0.39 is 0 Å². The predicted molar refractivity (Wildman–Crippen MR) is 112 cm³/mol. The Morgan fingerprint density at radius 1 is 0.667 bits per heavy atom. The number of rotatable bonds is 7. The summed E-state index contributed by atoms with van der Waals surface area (Å²) in [6, 6.07) is 7.46. The monoisotopic (exact) mass is 336 g/mol. The summed E-state index contributed by atoms with van der Waals surface area (Å²) in [4.78, 5) is 10.1. The molecule has 1 rings (SSSR count). The summed E-state index contributed by atoms with van der Waals surface area (Å²) >= 11 is 0. The molecule has 0 heterocycles. The zero-order valence-electron chi connectivity index (χ0n) is 17.7. The van der Waals surface area contributed by atoms with Crippen LogP contribution in [0.25, 0.3) is 0 Å². The molecule has 142 valence electrons. The van der Waals surface area contributed by atoms with Crippen LogP contribution in [0.3, 0.4) is 0 Å². The largest absolute Gasteiger partial charge is 0.298 e. The first-order valence-electron chi connectivity index (χ1n) is 10.1. The van der Waals surface area contributed by atoms with Crippen molar-refractivity contribution in [3.8, 4) is 0 Å². The molecule has 0 aliphatic heterocycles. The standard InChI is InChI=1S/C9H20.C8H8O.2C3H8/c1-3-5-7-9-8-6-4-2;1-7-2-4-8(6-9)5-3-7;2*1-3-2/h3-9H2,1-2H3;2-6H,1H3;2*3H2,1-2H3. The minimum Gasteiger partial charge on any atom is -0.298 e. The lowest BCUT2D eigenvalue weighted by Gasteiger charge is -1.96. The minimum absolute atomic E-state index is 0.737. The lowest BCUT2D eigenvalue weighted by molar-refractivity contribution is 0.112. The predicted octanol–water partition coefficient (Wildman–Crippen LogP) is 8.40. The fourth-order valence-electron chi connectivity index (χ4n) is 1.68. The molecule has 0 N–H and O–H groups in total. The highest BCUT2D eigenvalue weighted by atomic mass is 16.1. The van der Waals surface area contributed by atoms with Gasteiger partial charge in [0.15, 0.2) is 0 Å². The number of carbonyl (C=O) groups excluding carboxylic acids is 1. The molecular weight excluding hydrogens is 292 g/mol. The second-order valence-corrected chi connectivity index (χ2v) is 6.21. The number of carbonyl (C=O) groups is 1. The molecule has 0 atom stereocenters. The molecule has 0 saturated carbocycles. The van der Waals surface area contributed by atoms with Crippen LogP contribution < -0.4 is 0 Å². The van der Waals surface area contributed by atoms with Gasteiger partial charge in [0.25, 0.3) is 0 Å². The third-order valence-corrected chi connectivity index (χ3v) is 2.92. The van der Waals surface area contributed by atoms with Crippen LogP contribution in [0.1, 0.15) is 115 Å². The molecule has 0 aliphatic carbocycles. The Labute approximate surface area is 153 Å². The normalized spacial score (nSPS) is 8.62. The molecule has 1 aromatic carbocycles. The number of hydrogen-bond acceptors (Lipinski definition) is 1. The van der Waals surface area contributed by atoms with Gasteiger partial charge in [-0.25, -0.2) is 0 Å². The number of aryl methyl sites for hydroxylation is 1. The maximum atomic E-state index is 10.1. The van der Waals surface area contributed by atoms with Gasteiger partial charge in [0.1, 0.15) is 6.29 Å². The average molecular weight is 337 g/mol. The number of unbranched alkanes of at least 4 members (excludes halogenated alkanes) is 6. The van der Waals surface area contributed by atoms with Crippen molar-refractivity contribution in [3.63, 3.8) is 0 Å². The van der Waals surface area contributed by atoms with Gasteiger partial charge in [0.2, 0.25) is 0 Å². The summed E-state index contributed by atoms with van der Waals surface area (Å²) < 4.78 is 0. The molecule has 0 saturated heterocycles. The van der Waals surface area contributed by atoms with Crippen LogP contribution in [-0.2, 0) is 0 Å². The first kappa shape index (κ1) is 27.7. The van der Waals surface area contributed by atoms with E-state index in [0.29, 0.717) is 0 Å². The molecule has 1 heteroatoms. The summed E-state index contributed by atoms with van der Waals surface area (Å²) in [5.74, 6) is 0. The van der Waals surface area contributed by atoms with Crippen LogP contribution in [0.5, 0.6) is 0 Å². The van der Waals surface area contributed by atoms with E-state index in [1.807, 2.05) is 31.2 Å². The van der Waals surface area contributed by atoms with Gasteiger partial charge < -0.3 is 0 Å². The van der Waals surface area contributed by atoms with Gasteiger partial charge in [0, 0.05) is 5.56 Å². The van der Waals surface area contributed by atoms with Gasteiger partial charge in [0.05, 0.1) is 0 Å². The van der Waals surface area contributed by atoms with Crippen molar-refractivity contribution < 1.29 is 4.79 Å². The first-order valence-corrected chi connectivity index (χ1v) is 10.1.